The Labute approximate surface area is 180 Å². The van der Waals surface area contributed by atoms with Gasteiger partial charge in [0.25, 0.3) is 5.22 Å². The second kappa shape index (κ2) is 9.43. The molecule has 0 atom stereocenters. The maximum atomic E-state index is 12.1. The van der Waals surface area contributed by atoms with Crippen LogP contribution in [0.25, 0.3) is 10.2 Å². The van der Waals surface area contributed by atoms with Gasteiger partial charge in [-0.15, -0.1) is 33.3 Å². The van der Waals surface area contributed by atoms with Gasteiger partial charge in [-0.1, -0.05) is 23.9 Å². The summed E-state index contributed by atoms with van der Waals surface area (Å²) in [7, 11) is 0. The Bertz CT molecular complexity index is 1080. The first kappa shape index (κ1) is 19.9. The predicted octanol–water partition coefficient (Wildman–Crippen LogP) is 4.92. The number of anilines is 1. The minimum atomic E-state index is -0.110. The fraction of sp³-hybridized carbons (Fsp3) is 0.200. The van der Waals surface area contributed by atoms with E-state index in [0.29, 0.717) is 17.5 Å². The lowest BCUT2D eigenvalue weighted by molar-refractivity contribution is -0.113. The summed E-state index contributed by atoms with van der Waals surface area (Å²) in [4.78, 5) is 17.9. The number of thioether (sulfide) groups is 2. The monoisotopic (exact) mass is 442 g/mol. The first-order valence-corrected chi connectivity index (χ1v) is 12.0. The number of para-hydroxylation sites is 1. The van der Waals surface area contributed by atoms with Crippen LogP contribution in [-0.4, -0.2) is 33.1 Å². The Balaban J connectivity index is 1.25. The van der Waals surface area contributed by atoms with Gasteiger partial charge in [0.05, 0.1) is 21.0 Å². The van der Waals surface area contributed by atoms with Gasteiger partial charge in [-0.25, -0.2) is 4.98 Å². The zero-order valence-corrected chi connectivity index (χ0v) is 18.1. The van der Waals surface area contributed by atoms with Crippen LogP contribution in [0.3, 0.4) is 0 Å². The number of nitrogens with zero attached hydrogens (tertiary/aromatic N) is 3. The van der Waals surface area contributed by atoms with E-state index in [9.17, 15) is 4.79 Å². The van der Waals surface area contributed by atoms with Crippen molar-refractivity contribution in [3.8, 4) is 0 Å². The summed E-state index contributed by atoms with van der Waals surface area (Å²) < 4.78 is 6.82. The molecular formula is C20H18N4O2S3. The molecular weight excluding hydrogens is 424 g/mol. The van der Waals surface area contributed by atoms with Crippen LogP contribution in [0.2, 0.25) is 0 Å². The summed E-state index contributed by atoms with van der Waals surface area (Å²) in [6.45, 7) is 0. The molecule has 1 N–H and O–H groups in total. The van der Waals surface area contributed by atoms with Gasteiger partial charge < -0.3 is 9.73 Å². The molecule has 2 aromatic carbocycles. The Morgan fingerprint density at radius 2 is 1.93 bits per heavy atom. The molecule has 2 aromatic heterocycles. The summed E-state index contributed by atoms with van der Waals surface area (Å²) >= 11 is 4.57. The van der Waals surface area contributed by atoms with Crippen LogP contribution in [0.5, 0.6) is 0 Å². The van der Waals surface area contributed by atoms with Crippen molar-refractivity contribution in [2.75, 3.05) is 17.3 Å². The van der Waals surface area contributed by atoms with Crippen LogP contribution in [0.15, 0.2) is 63.1 Å². The number of nitrogens with one attached hydrogen (secondary N) is 1. The molecule has 29 heavy (non-hydrogen) atoms. The van der Waals surface area contributed by atoms with Crippen molar-refractivity contribution in [2.24, 2.45) is 0 Å². The lowest BCUT2D eigenvalue weighted by Crippen LogP contribution is -2.13. The molecule has 0 spiro atoms. The molecule has 0 aliphatic carbocycles. The number of amides is 1. The smallest absolute Gasteiger partial charge is 0.277 e. The number of hydrogen-bond acceptors (Lipinski definition) is 8. The third-order valence-corrected chi connectivity index (χ3v) is 6.70. The zero-order valence-electron chi connectivity index (χ0n) is 15.6. The molecule has 0 unspecified atom stereocenters. The molecule has 1 amide bonds. The van der Waals surface area contributed by atoms with Gasteiger partial charge in [0.2, 0.25) is 11.8 Å². The standard InChI is InChI=1S/C20H18N4O2S3/c1-27-14-8-6-13(7-9-14)21-17(25)12-28-20-24-23-18(26-20)10-11-19-22-15-4-2-3-5-16(15)29-19/h2-9H,10-12H2,1H3,(H,21,25). The van der Waals surface area contributed by atoms with Crippen molar-refractivity contribution in [3.63, 3.8) is 0 Å². The maximum Gasteiger partial charge on any atom is 0.277 e. The molecule has 4 aromatic rings. The van der Waals surface area contributed by atoms with E-state index in [1.807, 2.05) is 48.7 Å². The van der Waals surface area contributed by atoms with Gasteiger partial charge in [-0.2, -0.15) is 0 Å². The molecule has 2 heterocycles. The number of rotatable bonds is 8. The van der Waals surface area contributed by atoms with Crippen LogP contribution in [0, 0.1) is 0 Å². The fourth-order valence-corrected chi connectivity index (χ4v) is 4.59. The number of thiazole rings is 1. The van der Waals surface area contributed by atoms with Crippen LogP contribution in [0.4, 0.5) is 5.69 Å². The normalized spacial score (nSPS) is 11.1. The Morgan fingerprint density at radius 1 is 1.10 bits per heavy atom. The van der Waals surface area contributed by atoms with Crippen molar-refractivity contribution in [1.82, 2.24) is 15.2 Å². The average Bonchev–Trinajstić information content (AvgIpc) is 3.37. The Kier molecular flexibility index (Phi) is 6.48. The number of fused-ring (bicyclic) bond motifs is 1. The number of aryl methyl sites for hydroxylation is 2. The summed E-state index contributed by atoms with van der Waals surface area (Å²) in [6, 6.07) is 15.8. The summed E-state index contributed by atoms with van der Waals surface area (Å²) in [6.07, 6.45) is 3.39. The summed E-state index contributed by atoms with van der Waals surface area (Å²) in [5.41, 5.74) is 1.79. The Morgan fingerprint density at radius 3 is 2.72 bits per heavy atom. The highest BCUT2D eigenvalue weighted by molar-refractivity contribution is 7.99. The molecule has 0 radical (unpaired) electrons. The quantitative estimate of drug-likeness (QED) is 0.388. The van der Waals surface area contributed by atoms with Crippen molar-refractivity contribution in [2.45, 2.75) is 23.0 Å². The molecule has 0 fully saturated rings. The lowest BCUT2D eigenvalue weighted by Gasteiger charge is -2.04. The average molecular weight is 443 g/mol. The van der Waals surface area contributed by atoms with Gasteiger partial charge in [0.1, 0.15) is 0 Å². The fourth-order valence-electron chi connectivity index (χ4n) is 2.64. The first-order valence-electron chi connectivity index (χ1n) is 8.93. The third kappa shape index (κ3) is 5.37. The van der Waals surface area contributed by atoms with Crippen molar-refractivity contribution in [1.29, 1.82) is 0 Å². The molecule has 0 aliphatic rings. The van der Waals surface area contributed by atoms with E-state index in [4.69, 9.17) is 4.42 Å². The molecule has 0 saturated heterocycles. The zero-order chi connectivity index (χ0) is 20.1. The van der Waals surface area contributed by atoms with Gasteiger partial charge in [-0.05, 0) is 42.7 Å². The van der Waals surface area contributed by atoms with E-state index >= 15 is 0 Å². The second-order valence-electron chi connectivity index (χ2n) is 6.10. The maximum absolute atomic E-state index is 12.1. The second-order valence-corrected chi connectivity index (χ2v) is 9.02. The highest BCUT2D eigenvalue weighted by atomic mass is 32.2. The number of hydrogen-bond donors (Lipinski definition) is 1. The topological polar surface area (TPSA) is 80.9 Å². The van der Waals surface area contributed by atoms with E-state index in [2.05, 4.69) is 26.6 Å². The minimum Gasteiger partial charge on any atom is -0.416 e. The van der Waals surface area contributed by atoms with Gasteiger partial charge in [-0.3, -0.25) is 4.79 Å². The summed E-state index contributed by atoms with van der Waals surface area (Å²) in [5.74, 6) is 0.657. The molecule has 6 nitrogen and oxygen atoms in total. The van der Waals surface area contributed by atoms with Crippen LogP contribution in [-0.2, 0) is 17.6 Å². The van der Waals surface area contributed by atoms with Gasteiger partial charge in [0, 0.05) is 23.4 Å². The molecule has 148 valence electrons. The van der Waals surface area contributed by atoms with Crippen molar-refractivity contribution >= 4 is 56.7 Å². The van der Waals surface area contributed by atoms with E-state index < -0.39 is 0 Å². The molecule has 0 saturated carbocycles. The van der Waals surface area contributed by atoms with Crippen LogP contribution < -0.4 is 5.32 Å². The van der Waals surface area contributed by atoms with Gasteiger partial charge in [0.15, 0.2) is 0 Å². The number of carbonyl (C=O) groups excluding carboxylic acids is 1. The Hall–Kier alpha value is -2.36. The van der Waals surface area contributed by atoms with E-state index in [1.54, 1.807) is 23.1 Å². The molecule has 9 heteroatoms. The van der Waals surface area contributed by atoms with Crippen molar-refractivity contribution in [3.05, 3.63) is 59.4 Å². The van der Waals surface area contributed by atoms with E-state index in [0.717, 1.165) is 27.5 Å². The number of aromatic nitrogens is 3. The third-order valence-electron chi connectivity index (χ3n) is 4.04. The lowest BCUT2D eigenvalue weighted by atomic mass is 10.3. The van der Waals surface area contributed by atoms with Crippen LogP contribution in [0.1, 0.15) is 10.9 Å². The first-order chi connectivity index (χ1) is 14.2. The van der Waals surface area contributed by atoms with E-state index in [-0.39, 0.29) is 11.7 Å². The number of benzene rings is 2. The van der Waals surface area contributed by atoms with Gasteiger partial charge >= 0.3 is 0 Å². The minimum absolute atomic E-state index is 0.110. The van der Waals surface area contributed by atoms with Crippen molar-refractivity contribution < 1.29 is 9.21 Å². The number of carbonyl (C=O) groups is 1. The predicted molar refractivity (Wildman–Crippen MR) is 119 cm³/mol. The molecule has 0 bridgehead atoms. The summed E-state index contributed by atoms with van der Waals surface area (Å²) in [5, 5.41) is 12.4. The van der Waals surface area contributed by atoms with E-state index in [1.165, 1.54) is 16.5 Å². The SMILES string of the molecule is CSc1ccc(NC(=O)CSc2nnc(CCc3nc4ccccc4s3)o2)cc1. The molecule has 4 rings (SSSR count). The molecule has 0 aliphatic heterocycles. The largest absolute Gasteiger partial charge is 0.416 e. The highest BCUT2D eigenvalue weighted by Gasteiger charge is 2.11. The van der Waals surface area contributed by atoms with Crippen LogP contribution >= 0.6 is 34.9 Å². The highest BCUT2D eigenvalue weighted by Crippen LogP contribution is 2.23.